The van der Waals surface area contributed by atoms with Crippen LogP contribution in [-0.2, 0) is 6.54 Å². The highest BCUT2D eigenvalue weighted by atomic mass is 16.2. The Labute approximate surface area is 145 Å². The molecule has 0 fully saturated rings. The van der Waals surface area contributed by atoms with Crippen molar-refractivity contribution in [3.05, 3.63) is 48.5 Å². The molecule has 0 saturated heterocycles. The quantitative estimate of drug-likeness (QED) is 0.710. The van der Waals surface area contributed by atoms with Crippen molar-refractivity contribution in [2.45, 2.75) is 20.4 Å². The molecule has 3 rings (SSSR count). The minimum Gasteiger partial charge on any atom is -0.338 e. The molecule has 25 heavy (non-hydrogen) atoms. The molecule has 0 aliphatic heterocycles. The minimum absolute atomic E-state index is 0.234. The van der Waals surface area contributed by atoms with Crippen LogP contribution in [0, 0.1) is 12.8 Å². The van der Waals surface area contributed by atoms with Gasteiger partial charge in [0.15, 0.2) is 0 Å². The summed E-state index contributed by atoms with van der Waals surface area (Å²) in [7, 11) is 0. The van der Waals surface area contributed by atoms with Gasteiger partial charge in [0.05, 0.1) is 5.69 Å². The fourth-order valence-corrected chi connectivity index (χ4v) is 2.50. The number of rotatable bonds is 6. The van der Waals surface area contributed by atoms with Crippen LogP contribution in [0.15, 0.2) is 43.0 Å². The highest BCUT2D eigenvalue weighted by Crippen LogP contribution is 2.17. The van der Waals surface area contributed by atoms with E-state index in [-0.39, 0.29) is 11.9 Å². The van der Waals surface area contributed by atoms with Crippen molar-refractivity contribution in [1.29, 1.82) is 0 Å². The smallest absolute Gasteiger partial charge is 0.319 e. The number of carbonyl (C=O) groups excluding carboxylic acids is 1. The van der Waals surface area contributed by atoms with E-state index < -0.39 is 0 Å². The van der Waals surface area contributed by atoms with Crippen LogP contribution in [0.25, 0.3) is 5.69 Å². The number of nitrogens with zero attached hydrogens (tertiary/aromatic N) is 6. The third-order valence-electron chi connectivity index (χ3n) is 3.72. The van der Waals surface area contributed by atoms with Gasteiger partial charge in [0.25, 0.3) is 0 Å². The van der Waals surface area contributed by atoms with E-state index in [1.807, 2.05) is 42.1 Å². The lowest BCUT2D eigenvalue weighted by Gasteiger charge is -2.14. The summed E-state index contributed by atoms with van der Waals surface area (Å²) in [5.41, 5.74) is 2.53. The average Bonchev–Trinajstić information content (AvgIpc) is 3.27. The third-order valence-corrected chi connectivity index (χ3v) is 3.72. The van der Waals surface area contributed by atoms with Crippen molar-refractivity contribution in [3.8, 4) is 5.69 Å². The molecular weight excluding hydrogens is 320 g/mol. The molecule has 0 bridgehead atoms. The molecule has 1 atom stereocenters. The van der Waals surface area contributed by atoms with Crippen molar-refractivity contribution < 1.29 is 4.79 Å². The molecular formula is C16H20N8O. The summed E-state index contributed by atoms with van der Waals surface area (Å²) in [6.07, 6.45) is 5.18. The Balaban J connectivity index is 1.51. The van der Waals surface area contributed by atoms with E-state index in [0.29, 0.717) is 12.2 Å². The lowest BCUT2D eigenvalue weighted by atomic mass is 10.2. The largest absolute Gasteiger partial charge is 0.338 e. The topological polar surface area (TPSA) is 103 Å². The Morgan fingerprint density at radius 1 is 1.36 bits per heavy atom. The molecule has 0 saturated carbocycles. The number of nitrogens with one attached hydrogen (secondary N) is 2. The van der Waals surface area contributed by atoms with Gasteiger partial charge in [-0.1, -0.05) is 6.92 Å². The Hall–Kier alpha value is -3.23. The van der Waals surface area contributed by atoms with Gasteiger partial charge in [0, 0.05) is 31.2 Å². The molecule has 9 heteroatoms. The van der Waals surface area contributed by atoms with Crippen LogP contribution in [0.3, 0.4) is 0 Å². The van der Waals surface area contributed by atoms with Gasteiger partial charge in [-0.15, -0.1) is 5.10 Å². The van der Waals surface area contributed by atoms with Crippen molar-refractivity contribution >= 4 is 11.7 Å². The highest BCUT2D eigenvalue weighted by molar-refractivity contribution is 5.89. The standard InChI is InChI=1S/C16H20N8O/c1-12(10-23-7-3-6-19-23)9-17-16(25)20-14-4-5-15(13(2)8-14)24-11-18-21-22-24/h3-8,11-12H,9-10H2,1-2H3,(H2,17,20,25)/t12-/m0/s1. The predicted octanol–water partition coefficient (Wildman–Crippen LogP) is 1.63. The van der Waals surface area contributed by atoms with Gasteiger partial charge >= 0.3 is 6.03 Å². The maximum Gasteiger partial charge on any atom is 0.319 e. The highest BCUT2D eigenvalue weighted by Gasteiger charge is 2.08. The van der Waals surface area contributed by atoms with Crippen molar-refractivity contribution in [2.24, 2.45) is 5.92 Å². The van der Waals surface area contributed by atoms with Gasteiger partial charge in [-0.05, 0) is 53.1 Å². The second-order valence-corrected chi connectivity index (χ2v) is 5.92. The number of benzene rings is 1. The van der Waals surface area contributed by atoms with E-state index in [0.717, 1.165) is 17.8 Å². The Morgan fingerprint density at radius 2 is 2.24 bits per heavy atom. The SMILES string of the molecule is Cc1cc(NC(=O)NC[C@H](C)Cn2cccn2)ccc1-n1cnnn1. The number of anilines is 1. The zero-order valence-electron chi connectivity index (χ0n) is 14.1. The third kappa shape index (κ3) is 4.40. The molecule has 2 heterocycles. The normalized spacial score (nSPS) is 11.9. The maximum atomic E-state index is 12.1. The minimum atomic E-state index is -0.234. The van der Waals surface area contributed by atoms with Crippen LogP contribution in [-0.4, -0.2) is 42.6 Å². The molecule has 0 aliphatic rings. The van der Waals surface area contributed by atoms with Crippen molar-refractivity contribution in [2.75, 3.05) is 11.9 Å². The Morgan fingerprint density at radius 3 is 2.92 bits per heavy atom. The Kier molecular flexibility index (Phi) is 5.03. The number of urea groups is 1. The molecule has 3 aromatic rings. The number of tetrazole rings is 1. The van der Waals surface area contributed by atoms with Gasteiger partial charge < -0.3 is 10.6 Å². The maximum absolute atomic E-state index is 12.1. The van der Waals surface area contributed by atoms with Gasteiger partial charge in [-0.3, -0.25) is 4.68 Å². The van der Waals surface area contributed by atoms with Crippen LogP contribution < -0.4 is 10.6 Å². The summed E-state index contributed by atoms with van der Waals surface area (Å²) < 4.78 is 3.43. The summed E-state index contributed by atoms with van der Waals surface area (Å²) in [5.74, 6) is 0.273. The van der Waals surface area contributed by atoms with Crippen molar-refractivity contribution in [1.82, 2.24) is 35.3 Å². The number of aryl methyl sites for hydroxylation is 1. The fourth-order valence-electron chi connectivity index (χ4n) is 2.50. The van der Waals surface area contributed by atoms with Gasteiger partial charge in [0.1, 0.15) is 6.33 Å². The van der Waals surface area contributed by atoms with Crippen LogP contribution in [0.4, 0.5) is 10.5 Å². The average molecular weight is 340 g/mol. The predicted molar refractivity (Wildman–Crippen MR) is 92.3 cm³/mol. The van der Waals surface area contributed by atoms with Crippen LogP contribution in [0.1, 0.15) is 12.5 Å². The first-order valence-electron chi connectivity index (χ1n) is 7.98. The van der Waals surface area contributed by atoms with Crippen LogP contribution in [0.5, 0.6) is 0 Å². The van der Waals surface area contributed by atoms with Gasteiger partial charge in [0.2, 0.25) is 0 Å². The van der Waals surface area contributed by atoms with Gasteiger partial charge in [-0.2, -0.15) is 5.10 Å². The molecule has 0 unspecified atom stereocenters. The molecule has 0 radical (unpaired) electrons. The molecule has 2 aromatic heterocycles. The monoisotopic (exact) mass is 340 g/mol. The van der Waals surface area contributed by atoms with Crippen LogP contribution in [0.2, 0.25) is 0 Å². The summed E-state index contributed by atoms with van der Waals surface area (Å²) >= 11 is 0. The van der Waals surface area contributed by atoms with E-state index in [9.17, 15) is 4.79 Å². The van der Waals surface area contributed by atoms with E-state index in [4.69, 9.17) is 0 Å². The number of hydrogen-bond donors (Lipinski definition) is 2. The number of carbonyl (C=O) groups is 1. The molecule has 130 valence electrons. The Bertz CT molecular complexity index is 813. The van der Waals surface area contributed by atoms with Gasteiger partial charge in [-0.25, -0.2) is 9.48 Å². The molecule has 2 amide bonds. The lowest BCUT2D eigenvalue weighted by molar-refractivity contribution is 0.249. The first-order valence-corrected chi connectivity index (χ1v) is 7.98. The summed E-state index contributed by atoms with van der Waals surface area (Å²) in [6.45, 7) is 5.32. The number of amides is 2. The lowest BCUT2D eigenvalue weighted by Crippen LogP contribution is -2.33. The zero-order chi connectivity index (χ0) is 17.6. The van der Waals surface area contributed by atoms with E-state index in [2.05, 4.69) is 38.2 Å². The second kappa shape index (κ2) is 7.56. The summed E-state index contributed by atoms with van der Waals surface area (Å²) in [4.78, 5) is 12.1. The molecule has 0 aliphatic carbocycles. The zero-order valence-corrected chi connectivity index (χ0v) is 14.1. The fraction of sp³-hybridized carbons (Fsp3) is 0.312. The van der Waals surface area contributed by atoms with Crippen LogP contribution >= 0.6 is 0 Å². The van der Waals surface area contributed by atoms with E-state index >= 15 is 0 Å². The first kappa shape index (κ1) is 16.6. The molecule has 0 spiro atoms. The summed E-state index contributed by atoms with van der Waals surface area (Å²) in [5, 5.41) is 21.0. The van der Waals surface area contributed by atoms with Crippen molar-refractivity contribution in [3.63, 3.8) is 0 Å². The summed E-state index contributed by atoms with van der Waals surface area (Å²) in [6, 6.07) is 7.21. The molecule has 9 nitrogen and oxygen atoms in total. The first-order chi connectivity index (χ1) is 12.1. The molecule has 1 aromatic carbocycles. The van der Waals surface area contributed by atoms with E-state index in [1.165, 1.54) is 6.33 Å². The van der Waals surface area contributed by atoms with E-state index in [1.54, 1.807) is 10.9 Å². The molecule has 2 N–H and O–H groups in total. The number of hydrogen-bond acceptors (Lipinski definition) is 5. The number of aromatic nitrogens is 6. The second-order valence-electron chi connectivity index (χ2n) is 5.92.